The van der Waals surface area contributed by atoms with Crippen molar-refractivity contribution in [2.75, 3.05) is 19.0 Å². The van der Waals surface area contributed by atoms with Crippen molar-refractivity contribution >= 4 is 21.9 Å². The summed E-state index contributed by atoms with van der Waals surface area (Å²) in [6, 6.07) is 8.29. The van der Waals surface area contributed by atoms with Crippen LogP contribution >= 0.6 is 15.9 Å². The van der Waals surface area contributed by atoms with E-state index in [0.717, 1.165) is 34.8 Å². The number of rotatable bonds is 5. The molecule has 4 nitrogen and oxygen atoms in total. The van der Waals surface area contributed by atoms with Crippen LogP contribution in [0, 0.1) is 6.92 Å². The van der Waals surface area contributed by atoms with Crippen LogP contribution in [0.5, 0.6) is 0 Å². The van der Waals surface area contributed by atoms with Crippen LogP contribution in [0.2, 0.25) is 0 Å². The summed E-state index contributed by atoms with van der Waals surface area (Å²) in [6.45, 7) is 3.60. The second-order valence-corrected chi connectivity index (χ2v) is 5.71. The molecule has 20 heavy (non-hydrogen) atoms. The maximum absolute atomic E-state index is 4.57. The Labute approximate surface area is 128 Å². The maximum atomic E-state index is 4.57. The van der Waals surface area contributed by atoms with E-state index in [-0.39, 0.29) is 0 Å². The summed E-state index contributed by atoms with van der Waals surface area (Å²) in [5.74, 6) is 0.755. The van der Waals surface area contributed by atoms with Crippen LogP contribution in [0.4, 0.5) is 5.95 Å². The molecule has 0 aliphatic rings. The zero-order valence-corrected chi connectivity index (χ0v) is 13.6. The van der Waals surface area contributed by atoms with E-state index in [4.69, 9.17) is 0 Å². The van der Waals surface area contributed by atoms with Gasteiger partial charge >= 0.3 is 0 Å². The number of hydrogen-bond donors (Lipinski definition) is 1. The molecule has 1 aromatic heterocycles. The van der Waals surface area contributed by atoms with Gasteiger partial charge in [-0.15, -0.1) is 0 Å². The summed E-state index contributed by atoms with van der Waals surface area (Å²) in [5, 5.41) is 3.12. The minimum Gasteiger partial charge on any atom is -0.340 e. The van der Waals surface area contributed by atoms with Gasteiger partial charge in [-0.2, -0.15) is 0 Å². The van der Waals surface area contributed by atoms with E-state index in [1.807, 2.05) is 39.3 Å². The van der Waals surface area contributed by atoms with Gasteiger partial charge in [0.25, 0.3) is 0 Å². The highest BCUT2D eigenvalue weighted by molar-refractivity contribution is 9.10. The number of benzene rings is 1. The molecule has 5 heteroatoms. The Kier molecular flexibility index (Phi) is 5.09. The predicted molar refractivity (Wildman–Crippen MR) is 85.8 cm³/mol. The quantitative estimate of drug-likeness (QED) is 0.912. The highest BCUT2D eigenvalue weighted by atomic mass is 79.9. The molecule has 0 aliphatic carbocycles. The lowest BCUT2D eigenvalue weighted by Gasteiger charge is -2.18. The molecule has 0 bridgehead atoms. The lowest BCUT2D eigenvalue weighted by atomic mass is 10.2. The summed E-state index contributed by atoms with van der Waals surface area (Å²) >= 11 is 3.44. The van der Waals surface area contributed by atoms with Gasteiger partial charge in [-0.1, -0.05) is 28.1 Å². The van der Waals surface area contributed by atoms with Gasteiger partial charge in [0.2, 0.25) is 5.95 Å². The Morgan fingerprint density at radius 1 is 1.25 bits per heavy atom. The molecular formula is C15H19BrN4. The van der Waals surface area contributed by atoms with E-state index in [2.05, 4.69) is 48.2 Å². The molecule has 1 heterocycles. The first-order chi connectivity index (χ1) is 9.60. The van der Waals surface area contributed by atoms with Gasteiger partial charge in [0.15, 0.2) is 0 Å². The van der Waals surface area contributed by atoms with Gasteiger partial charge in [0, 0.05) is 42.1 Å². The number of halogens is 1. The molecule has 0 aliphatic heterocycles. The van der Waals surface area contributed by atoms with Gasteiger partial charge < -0.3 is 10.2 Å². The van der Waals surface area contributed by atoms with E-state index in [1.54, 1.807) is 0 Å². The predicted octanol–water partition coefficient (Wildman–Crippen LogP) is 2.90. The first-order valence-corrected chi connectivity index (χ1v) is 7.32. The van der Waals surface area contributed by atoms with Crippen molar-refractivity contribution in [3.05, 3.63) is 51.8 Å². The Balaban J connectivity index is 2.10. The third kappa shape index (κ3) is 3.77. The standard InChI is InChI=1S/C15H19BrN4/c1-11-13(8-17-2)9-18-15(19-11)20(3)10-12-4-6-14(16)7-5-12/h4-7,9,17H,8,10H2,1-3H3. The van der Waals surface area contributed by atoms with E-state index in [0.29, 0.717) is 0 Å². The molecule has 0 saturated heterocycles. The minimum atomic E-state index is 0.755. The summed E-state index contributed by atoms with van der Waals surface area (Å²) in [4.78, 5) is 11.1. The topological polar surface area (TPSA) is 41.1 Å². The molecule has 2 rings (SSSR count). The Hall–Kier alpha value is -1.46. The molecular weight excluding hydrogens is 316 g/mol. The monoisotopic (exact) mass is 334 g/mol. The highest BCUT2D eigenvalue weighted by Crippen LogP contribution is 2.15. The maximum Gasteiger partial charge on any atom is 0.225 e. The van der Waals surface area contributed by atoms with E-state index in [9.17, 15) is 0 Å². The average molecular weight is 335 g/mol. The summed E-state index contributed by atoms with van der Waals surface area (Å²) in [5.41, 5.74) is 3.39. The highest BCUT2D eigenvalue weighted by Gasteiger charge is 2.08. The summed E-state index contributed by atoms with van der Waals surface area (Å²) in [6.07, 6.45) is 1.90. The summed E-state index contributed by atoms with van der Waals surface area (Å²) < 4.78 is 1.09. The van der Waals surface area contributed by atoms with Crippen molar-refractivity contribution in [1.29, 1.82) is 0 Å². The van der Waals surface area contributed by atoms with Crippen LogP contribution in [-0.2, 0) is 13.1 Å². The van der Waals surface area contributed by atoms with Gasteiger partial charge in [-0.25, -0.2) is 9.97 Å². The molecule has 0 radical (unpaired) electrons. The van der Waals surface area contributed by atoms with Crippen molar-refractivity contribution < 1.29 is 0 Å². The Bertz CT molecular complexity index is 569. The van der Waals surface area contributed by atoms with Crippen molar-refractivity contribution in [1.82, 2.24) is 15.3 Å². The van der Waals surface area contributed by atoms with E-state index < -0.39 is 0 Å². The van der Waals surface area contributed by atoms with Crippen molar-refractivity contribution in [2.24, 2.45) is 0 Å². The minimum absolute atomic E-state index is 0.755. The number of anilines is 1. The smallest absolute Gasteiger partial charge is 0.225 e. The number of aryl methyl sites for hydroxylation is 1. The fourth-order valence-corrected chi connectivity index (χ4v) is 2.23. The van der Waals surface area contributed by atoms with Crippen molar-refractivity contribution in [3.63, 3.8) is 0 Å². The van der Waals surface area contributed by atoms with Crippen LogP contribution < -0.4 is 10.2 Å². The Morgan fingerprint density at radius 2 is 1.95 bits per heavy atom. The second-order valence-electron chi connectivity index (χ2n) is 4.79. The lowest BCUT2D eigenvalue weighted by molar-refractivity contribution is 0.785. The van der Waals surface area contributed by atoms with Gasteiger partial charge in [-0.05, 0) is 31.7 Å². The molecule has 0 unspecified atom stereocenters. The van der Waals surface area contributed by atoms with Crippen LogP contribution in [0.3, 0.4) is 0 Å². The third-order valence-electron chi connectivity index (χ3n) is 3.11. The van der Waals surface area contributed by atoms with Gasteiger partial charge in [0.1, 0.15) is 0 Å². The zero-order valence-electron chi connectivity index (χ0n) is 12.0. The van der Waals surface area contributed by atoms with Crippen molar-refractivity contribution in [3.8, 4) is 0 Å². The van der Waals surface area contributed by atoms with Crippen molar-refractivity contribution in [2.45, 2.75) is 20.0 Å². The normalized spacial score (nSPS) is 10.6. The largest absolute Gasteiger partial charge is 0.340 e. The number of aromatic nitrogens is 2. The molecule has 0 amide bonds. The van der Waals surface area contributed by atoms with Crippen LogP contribution in [0.25, 0.3) is 0 Å². The molecule has 0 fully saturated rings. The molecule has 0 atom stereocenters. The molecule has 0 saturated carbocycles. The van der Waals surface area contributed by atoms with Crippen LogP contribution in [0.1, 0.15) is 16.8 Å². The first kappa shape index (κ1) is 14.9. The second kappa shape index (κ2) is 6.81. The zero-order chi connectivity index (χ0) is 14.5. The fourth-order valence-electron chi connectivity index (χ4n) is 1.96. The van der Waals surface area contributed by atoms with Crippen LogP contribution in [-0.4, -0.2) is 24.1 Å². The van der Waals surface area contributed by atoms with E-state index in [1.165, 1.54) is 5.56 Å². The third-order valence-corrected chi connectivity index (χ3v) is 3.64. The fraction of sp³-hybridized carbons (Fsp3) is 0.333. The van der Waals surface area contributed by atoms with Gasteiger partial charge in [-0.3, -0.25) is 0 Å². The molecule has 106 valence electrons. The van der Waals surface area contributed by atoms with E-state index >= 15 is 0 Å². The average Bonchev–Trinajstić information content (AvgIpc) is 2.44. The van der Waals surface area contributed by atoms with Gasteiger partial charge in [0.05, 0.1) is 0 Å². The molecule has 0 spiro atoms. The number of hydrogen-bond acceptors (Lipinski definition) is 4. The SMILES string of the molecule is CNCc1cnc(N(C)Cc2ccc(Br)cc2)nc1C. The summed E-state index contributed by atoms with van der Waals surface area (Å²) in [7, 11) is 3.93. The number of nitrogens with one attached hydrogen (secondary N) is 1. The molecule has 1 N–H and O–H groups in total. The Morgan fingerprint density at radius 3 is 2.55 bits per heavy atom. The number of nitrogens with zero attached hydrogens (tertiary/aromatic N) is 3. The molecule has 1 aromatic carbocycles. The molecule has 2 aromatic rings. The first-order valence-electron chi connectivity index (χ1n) is 6.53. The lowest BCUT2D eigenvalue weighted by Crippen LogP contribution is -2.20. The van der Waals surface area contributed by atoms with Crippen LogP contribution in [0.15, 0.2) is 34.9 Å².